The maximum absolute atomic E-state index is 11.6. The van der Waals surface area contributed by atoms with Gasteiger partial charge in [0.2, 0.25) is 0 Å². The zero-order valence-corrected chi connectivity index (χ0v) is 14.7. The van der Waals surface area contributed by atoms with E-state index >= 15 is 0 Å². The normalized spacial score (nSPS) is 11.1. The summed E-state index contributed by atoms with van der Waals surface area (Å²) in [5, 5.41) is 2.76. The summed E-state index contributed by atoms with van der Waals surface area (Å²) in [5.74, 6) is 0.955. The Labute approximate surface area is 142 Å². The van der Waals surface area contributed by atoms with Gasteiger partial charge in [-0.15, -0.1) is 11.8 Å². The minimum Gasteiger partial charge on any atom is -0.444 e. The first-order valence-electron chi connectivity index (χ1n) is 7.65. The molecular weight excluding hydrogens is 306 g/mol. The first-order valence-corrected chi connectivity index (χ1v) is 8.63. The van der Waals surface area contributed by atoms with E-state index in [0.29, 0.717) is 6.54 Å². The summed E-state index contributed by atoms with van der Waals surface area (Å²) in [6.45, 7) is 6.03. The van der Waals surface area contributed by atoms with Crippen molar-refractivity contribution in [3.8, 4) is 0 Å². The second-order valence-corrected chi connectivity index (χ2v) is 7.32. The highest BCUT2D eigenvalue weighted by atomic mass is 32.2. The number of benzene rings is 2. The number of amides is 1. The molecule has 0 bridgehead atoms. The zero-order chi connectivity index (χ0) is 16.7. The number of thioether (sulfide) groups is 1. The molecule has 4 heteroatoms. The Morgan fingerprint density at radius 2 is 1.65 bits per heavy atom. The molecule has 122 valence electrons. The van der Waals surface area contributed by atoms with Crippen molar-refractivity contribution in [2.24, 2.45) is 0 Å². The van der Waals surface area contributed by atoms with E-state index in [-0.39, 0.29) is 6.09 Å². The van der Waals surface area contributed by atoms with Gasteiger partial charge in [-0.1, -0.05) is 42.5 Å². The minimum absolute atomic E-state index is 0.389. The Bertz CT molecular complexity index is 618. The molecule has 0 atom stereocenters. The summed E-state index contributed by atoms with van der Waals surface area (Å²) in [6.07, 6.45) is -0.389. The van der Waals surface area contributed by atoms with E-state index in [2.05, 4.69) is 41.7 Å². The lowest BCUT2D eigenvalue weighted by Gasteiger charge is -2.19. The smallest absolute Gasteiger partial charge is 0.407 e. The Morgan fingerprint density at radius 3 is 2.26 bits per heavy atom. The molecule has 1 amide bonds. The van der Waals surface area contributed by atoms with E-state index < -0.39 is 5.60 Å². The van der Waals surface area contributed by atoms with Crippen molar-refractivity contribution in [2.45, 2.75) is 43.6 Å². The molecule has 0 saturated carbocycles. The lowest BCUT2D eigenvalue weighted by atomic mass is 10.2. The molecule has 2 aromatic carbocycles. The van der Waals surface area contributed by atoms with Crippen molar-refractivity contribution in [3.05, 3.63) is 65.7 Å². The van der Waals surface area contributed by atoms with E-state index in [9.17, 15) is 4.79 Å². The summed E-state index contributed by atoms with van der Waals surface area (Å²) >= 11 is 1.80. The largest absolute Gasteiger partial charge is 0.444 e. The van der Waals surface area contributed by atoms with Gasteiger partial charge in [0.15, 0.2) is 0 Å². The third-order valence-electron chi connectivity index (χ3n) is 3.01. The van der Waals surface area contributed by atoms with Crippen LogP contribution in [0, 0.1) is 0 Å². The van der Waals surface area contributed by atoms with Gasteiger partial charge in [-0.3, -0.25) is 0 Å². The molecule has 0 unspecified atom stereocenters. The second kappa shape index (κ2) is 8.06. The highest BCUT2D eigenvalue weighted by Gasteiger charge is 2.15. The third-order valence-corrected chi connectivity index (χ3v) is 4.09. The molecule has 3 nitrogen and oxygen atoms in total. The molecule has 0 spiro atoms. The van der Waals surface area contributed by atoms with Gasteiger partial charge in [0, 0.05) is 17.2 Å². The summed E-state index contributed by atoms with van der Waals surface area (Å²) in [6, 6.07) is 18.6. The summed E-state index contributed by atoms with van der Waals surface area (Å²) in [4.78, 5) is 12.8. The van der Waals surface area contributed by atoms with Crippen molar-refractivity contribution in [2.75, 3.05) is 0 Å². The van der Waals surface area contributed by atoms with Gasteiger partial charge < -0.3 is 10.1 Å². The van der Waals surface area contributed by atoms with Crippen LogP contribution in [0.2, 0.25) is 0 Å². The van der Waals surface area contributed by atoms with Gasteiger partial charge in [0.1, 0.15) is 5.60 Å². The number of hydrogen-bond donors (Lipinski definition) is 1. The zero-order valence-electron chi connectivity index (χ0n) is 13.8. The molecule has 0 heterocycles. The molecule has 0 aromatic heterocycles. The van der Waals surface area contributed by atoms with E-state index in [1.54, 1.807) is 11.8 Å². The predicted molar refractivity (Wildman–Crippen MR) is 95.5 cm³/mol. The summed E-state index contributed by atoms with van der Waals surface area (Å²) < 4.78 is 5.22. The van der Waals surface area contributed by atoms with Gasteiger partial charge in [-0.25, -0.2) is 4.79 Å². The van der Waals surface area contributed by atoms with Gasteiger partial charge in [0.25, 0.3) is 0 Å². The van der Waals surface area contributed by atoms with E-state index in [1.165, 1.54) is 10.5 Å². The summed E-state index contributed by atoms with van der Waals surface area (Å²) in [7, 11) is 0. The Hall–Kier alpha value is -1.94. The van der Waals surface area contributed by atoms with Crippen LogP contribution < -0.4 is 5.32 Å². The van der Waals surface area contributed by atoms with Crippen LogP contribution in [0.3, 0.4) is 0 Å². The number of carbonyl (C=O) groups is 1. The monoisotopic (exact) mass is 329 g/mol. The highest BCUT2D eigenvalue weighted by Crippen LogP contribution is 2.22. The maximum Gasteiger partial charge on any atom is 0.407 e. The molecule has 2 aromatic rings. The Kier molecular flexibility index (Phi) is 6.11. The molecule has 0 aliphatic carbocycles. The van der Waals surface area contributed by atoms with Crippen molar-refractivity contribution in [1.29, 1.82) is 0 Å². The summed E-state index contributed by atoms with van der Waals surface area (Å²) in [5.41, 5.74) is 1.90. The topological polar surface area (TPSA) is 38.3 Å². The Balaban J connectivity index is 1.79. The van der Waals surface area contributed by atoms with Crippen LogP contribution in [0.25, 0.3) is 0 Å². The number of carbonyl (C=O) groups excluding carboxylic acids is 1. The fourth-order valence-electron chi connectivity index (χ4n) is 1.93. The van der Waals surface area contributed by atoms with Crippen LogP contribution in [-0.2, 0) is 17.0 Å². The molecule has 23 heavy (non-hydrogen) atoms. The van der Waals surface area contributed by atoms with Crippen molar-refractivity contribution in [3.63, 3.8) is 0 Å². The number of nitrogens with one attached hydrogen (secondary N) is 1. The predicted octanol–water partition coefficient (Wildman–Crippen LogP) is 5.00. The SMILES string of the molecule is CC(C)(C)OC(=O)NCc1ccc(SCc2ccccc2)cc1. The molecule has 1 N–H and O–H groups in total. The fourth-order valence-corrected chi connectivity index (χ4v) is 2.79. The average Bonchev–Trinajstić information content (AvgIpc) is 2.51. The molecule has 0 aliphatic heterocycles. The molecular formula is C19H23NO2S. The third kappa shape index (κ3) is 6.78. The highest BCUT2D eigenvalue weighted by molar-refractivity contribution is 7.98. The number of alkyl carbamates (subject to hydrolysis) is 1. The standard InChI is InChI=1S/C19H23NO2S/c1-19(2,3)22-18(21)20-13-15-9-11-17(12-10-15)23-14-16-7-5-4-6-8-16/h4-12H,13-14H2,1-3H3,(H,20,21). The lowest BCUT2D eigenvalue weighted by Crippen LogP contribution is -2.32. The van der Waals surface area contributed by atoms with Crippen LogP contribution in [-0.4, -0.2) is 11.7 Å². The number of hydrogen-bond acceptors (Lipinski definition) is 3. The van der Waals surface area contributed by atoms with Crippen LogP contribution >= 0.6 is 11.8 Å². The lowest BCUT2D eigenvalue weighted by molar-refractivity contribution is 0.0523. The van der Waals surface area contributed by atoms with Gasteiger partial charge >= 0.3 is 6.09 Å². The molecule has 0 saturated heterocycles. The minimum atomic E-state index is -0.470. The van der Waals surface area contributed by atoms with E-state index in [0.717, 1.165) is 11.3 Å². The average molecular weight is 329 g/mol. The van der Waals surface area contributed by atoms with Gasteiger partial charge in [0.05, 0.1) is 0 Å². The Morgan fingerprint density at radius 1 is 1.00 bits per heavy atom. The molecule has 0 fully saturated rings. The van der Waals surface area contributed by atoms with Crippen molar-refractivity contribution in [1.82, 2.24) is 5.32 Å². The molecule has 2 rings (SSSR count). The van der Waals surface area contributed by atoms with Crippen LogP contribution in [0.1, 0.15) is 31.9 Å². The van der Waals surface area contributed by atoms with Crippen LogP contribution in [0.15, 0.2) is 59.5 Å². The van der Waals surface area contributed by atoms with Crippen LogP contribution in [0.4, 0.5) is 4.79 Å². The van der Waals surface area contributed by atoms with Crippen molar-refractivity contribution < 1.29 is 9.53 Å². The van der Waals surface area contributed by atoms with Gasteiger partial charge in [-0.05, 0) is 44.0 Å². The molecule has 0 aliphatic rings. The fraction of sp³-hybridized carbons (Fsp3) is 0.316. The number of rotatable bonds is 5. The van der Waals surface area contributed by atoms with Crippen molar-refractivity contribution >= 4 is 17.9 Å². The quantitative estimate of drug-likeness (QED) is 0.784. The first kappa shape index (κ1) is 17.4. The van der Waals surface area contributed by atoms with E-state index in [4.69, 9.17) is 4.74 Å². The maximum atomic E-state index is 11.6. The second-order valence-electron chi connectivity index (χ2n) is 6.27. The van der Waals surface area contributed by atoms with Gasteiger partial charge in [-0.2, -0.15) is 0 Å². The molecule has 0 radical (unpaired) electrons. The first-order chi connectivity index (χ1) is 10.9. The van der Waals surface area contributed by atoms with E-state index in [1.807, 2.05) is 39.0 Å². The number of ether oxygens (including phenoxy) is 1. The van der Waals surface area contributed by atoms with Crippen LogP contribution in [0.5, 0.6) is 0 Å².